The molecule has 0 amide bonds. The summed E-state index contributed by atoms with van der Waals surface area (Å²) in [6.07, 6.45) is 3.65. The summed E-state index contributed by atoms with van der Waals surface area (Å²) in [5.41, 5.74) is 8.01. The average Bonchev–Trinajstić information content (AvgIpc) is 3.05. The minimum Gasteiger partial charge on any atom is -0.485 e. The average molecular weight is 325 g/mol. The van der Waals surface area contributed by atoms with Gasteiger partial charge < -0.3 is 10.5 Å². The molecule has 0 aliphatic heterocycles. The molecule has 4 nitrogen and oxygen atoms in total. The minimum absolute atomic E-state index is 0.401. The zero-order chi connectivity index (χ0) is 16.2. The van der Waals surface area contributed by atoms with E-state index in [1.807, 2.05) is 42.6 Å². The van der Waals surface area contributed by atoms with Crippen LogP contribution in [0.1, 0.15) is 30.3 Å². The molecule has 0 saturated heterocycles. The summed E-state index contributed by atoms with van der Waals surface area (Å²) >= 11 is 1.68. The number of aromatic nitrogens is 2. The number of nitrogens with two attached hydrogens (primary N) is 1. The Morgan fingerprint density at radius 1 is 1.13 bits per heavy atom. The molecular weight excluding hydrogens is 306 g/mol. The zero-order valence-corrected chi connectivity index (χ0v) is 14.0. The zero-order valence-electron chi connectivity index (χ0n) is 13.2. The van der Waals surface area contributed by atoms with Crippen molar-refractivity contribution in [1.82, 2.24) is 9.97 Å². The third-order valence-corrected chi connectivity index (χ3v) is 4.77. The van der Waals surface area contributed by atoms with Crippen LogP contribution in [0.25, 0.3) is 10.4 Å². The molecule has 0 aliphatic carbocycles. The smallest absolute Gasteiger partial charge is 0.166 e. The van der Waals surface area contributed by atoms with Gasteiger partial charge in [0.25, 0.3) is 0 Å². The fourth-order valence-electron chi connectivity index (χ4n) is 2.13. The molecule has 0 spiro atoms. The Morgan fingerprint density at radius 3 is 2.61 bits per heavy atom. The van der Waals surface area contributed by atoms with E-state index in [1.165, 1.54) is 0 Å². The first-order valence-electron chi connectivity index (χ1n) is 7.52. The van der Waals surface area contributed by atoms with E-state index < -0.39 is 0 Å². The Morgan fingerprint density at radius 2 is 1.91 bits per heavy atom. The Bertz CT molecular complexity index is 784. The first-order valence-corrected chi connectivity index (χ1v) is 8.33. The van der Waals surface area contributed by atoms with E-state index in [0.717, 1.165) is 21.0 Å². The minimum atomic E-state index is 0.401. The van der Waals surface area contributed by atoms with Gasteiger partial charge in [-0.1, -0.05) is 44.2 Å². The fraction of sp³-hybridized carbons (Fsp3) is 0.222. The van der Waals surface area contributed by atoms with Crippen molar-refractivity contribution in [3.8, 4) is 16.2 Å². The van der Waals surface area contributed by atoms with Crippen LogP contribution >= 0.6 is 11.3 Å². The maximum absolute atomic E-state index is 5.94. The van der Waals surface area contributed by atoms with Gasteiger partial charge in [0, 0.05) is 23.9 Å². The normalized spacial score (nSPS) is 10.9. The monoisotopic (exact) mass is 325 g/mol. The number of pyridine rings is 1. The Labute approximate surface area is 140 Å². The Hall–Kier alpha value is -2.40. The number of rotatable bonds is 5. The molecule has 2 heterocycles. The van der Waals surface area contributed by atoms with Crippen molar-refractivity contribution in [1.29, 1.82) is 0 Å². The molecule has 0 fully saturated rings. The van der Waals surface area contributed by atoms with Gasteiger partial charge in [-0.3, -0.25) is 0 Å². The van der Waals surface area contributed by atoms with Crippen molar-refractivity contribution in [2.75, 3.05) is 5.73 Å². The van der Waals surface area contributed by atoms with Gasteiger partial charge in [0.15, 0.2) is 11.6 Å². The second-order valence-electron chi connectivity index (χ2n) is 5.60. The maximum atomic E-state index is 5.94. The number of nitrogen functional groups attached to an aromatic ring is 1. The standard InChI is InChI=1S/C18H19N3OS/c1-12(2)18-21-10-16(23-18)14-8-15(17(19)20-9-14)22-11-13-6-4-3-5-7-13/h3-10,12H,11H2,1-2H3,(H2,19,20). The number of thiazole rings is 1. The molecule has 0 atom stereocenters. The van der Waals surface area contributed by atoms with Crippen LogP contribution in [0.15, 0.2) is 48.8 Å². The quantitative estimate of drug-likeness (QED) is 0.751. The van der Waals surface area contributed by atoms with Gasteiger partial charge in [-0.05, 0) is 11.6 Å². The van der Waals surface area contributed by atoms with Gasteiger partial charge in [-0.2, -0.15) is 0 Å². The van der Waals surface area contributed by atoms with Crippen LogP contribution in [0, 0.1) is 0 Å². The van der Waals surface area contributed by atoms with E-state index in [2.05, 4.69) is 23.8 Å². The molecule has 1 aromatic carbocycles. The van der Waals surface area contributed by atoms with Crippen LogP contribution in [0.3, 0.4) is 0 Å². The molecule has 0 saturated carbocycles. The summed E-state index contributed by atoms with van der Waals surface area (Å²) < 4.78 is 5.84. The molecular formula is C18H19N3OS. The molecule has 0 bridgehead atoms. The van der Waals surface area contributed by atoms with Gasteiger partial charge >= 0.3 is 0 Å². The number of nitrogens with zero attached hydrogens (tertiary/aromatic N) is 2. The van der Waals surface area contributed by atoms with Crippen LogP contribution in [0.5, 0.6) is 5.75 Å². The highest BCUT2D eigenvalue weighted by atomic mass is 32.1. The van der Waals surface area contributed by atoms with Crippen LogP contribution in [0.4, 0.5) is 5.82 Å². The molecule has 2 N–H and O–H groups in total. The van der Waals surface area contributed by atoms with Crippen LogP contribution < -0.4 is 10.5 Å². The number of hydrogen-bond acceptors (Lipinski definition) is 5. The van der Waals surface area contributed by atoms with Crippen molar-refractivity contribution in [3.05, 3.63) is 59.4 Å². The lowest BCUT2D eigenvalue weighted by Gasteiger charge is -2.09. The predicted molar refractivity (Wildman–Crippen MR) is 94.6 cm³/mol. The predicted octanol–water partition coefficient (Wildman–Crippen LogP) is 4.49. The fourth-order valence-corrected chi connectivity index (χ4v) is 3.03. The number of hydrogen-bond donors (Lipinski definition) is 1. The van der Waals surface area contributed by atoms with Crippen molar-refractivity contribution in [2.45, 2.75) is 26.4 Å². The summed E-state index contributed by atoms with van der Waals surface area (Å²) in [5, 5.41) is 1.11. The lowest BCUT2D eigenvalue weighted by molar-refractivity contribution is 0.307. The highest BCUT2D eigenvalue weighted by molar-refractivity contribution is 7.15. The first-order chi connectivity index (χ1) is 11.1. The third-order valence-electron chi connectivity index (χ3n) is 3.42. The number of anilines is 1. The highest BCUT2D eigenvalue weighted by Crippen LogP contribution is 2.33. The van der Waals surface area contributed by atoms with Crippen molar-refractivity contribution in [3.63, 3.8) is 0 Å². The molecule has 118 valence electrons. The molecule has 23 heavy (non-hydrogen) atoms. The van der Waals surface area contributed by atoms with Crippen molar-refractivity contribution >= 4 is 17.2 Å². The third kappa shape index (κ3) is 3.68. The number of benzene rings is 1. The number of ether oxygens (including phenoxy) is 1. The summed E-state index contributed by atoms with van der Waals surface area (Å²) in [4.78, 5) is 9.78. The molecule has 5 heteroatoms. The first kappa shape index (κ1) is 15.5. The Balaban J connectivity index is 1.81. The summed E-state index contributed by atoms with van der Waals surface area (Å²) in [7, 11) is 0. The van der Waals surface area contributed by atoms with Crippen molar-refractivity contribution < 1.29 is 4.74 Å². The van der Waals surface area contributed by atoms with E-state index in [0.29, 0.717) is 24.1 Å². The summed E-state index contributed by atoms with van der Waals surface area (Å²) in [6, 6.07) is 11.9. The molecule has 0 unspecified atom stereocenters. The van der Waals surface area contributed by atoms with Gasteiger partial charge in [-0.15, -0.1) is 11.3 Å². The van der Waals surface area contributed by atoms with Crippen LogP contribution in [0.2, 0.25) is 0 Å². The van der Waals surface area contributed by atoms with E-state index in [4.69, 9.17) is 10.5 Å². The summed E-state index contributed by atoms with van der Waals surface area (Å²) in [6.45, 7) is 4.74. The van der Waals surface area contributed by atoms with Crippen LogP contribution in [-0.4, -0.2) is 9.97 Å². The van der Waals surface area contributed by atoms with E-state index in [9.17, 15) is 0 Å². The highest BCUT2D eigenvalue weighted by Gasteiger charge is 2.11. The van der Waals surface area contributed by atoms with Gasteiger partial charge in [-0.25, -0.2) is 9.97 Å². The largest absolute Gasteiger partial charge is 0.485 e. The second kappa shape index (κ2) is 6.79. The summed E-state index contributed by atoms with van der Waals surface area (Å²) in [5.74, 6) is 1.42. The maximum Gasteiger partial charge on any atom is 0.166 e. The van der Waals surface area contributed by atoms with Gasteiger partial charge in [0.05, 0.1) is 9.88 Å². The van der Waals surface area contributed by atoms with E-state index in [1.54, 1.807) is 17.5 Å². The SMILES string of the molecule is CC(C)c1ncc(-c2cnc(N)c(OCc3ccccc3)c2)s1. The van der Waals surface area contributed by atoms with E-state index in [-0.39, 0.29) is 0 Å². The molecule has 0 aliphatic rings. The Kier molecular flexibility index (Phi) is 4.57. The van der Waals surface area contributed by atoms with E-state index >= 15 is 0 Å². The molecule has 3 aromatic rings. The second-order valence-corrected chi connectivity index (χ2v) is 6.66. The molecule has 2 aromatic heterocycles. The lowest BCUT2D eigenvalue weighted by atomic mass is 10.2. The van der Waals surface area contributed by atoms with Crippen molar-refractivity contribution in [2.24, 2.45) is 0 Å². The lowest BCUT2D eigenvalue weighted by Crippen LogP contribution is -2.00. The molecule has 3 rings (SSSR count). The van der Waals surface area contributed by atoms with Gasteiger partial charge in [0.2, 0.25) is 0 Å². The van der Waals surface area contributed by atoms with Crippen LogP contribution in [-0.2, 0) is 6.61 Å². The topological polar surface area (TPSA) is 61.0 Å². The molecule has 0 radical (unpaired) electrons. The van der Waals surface area contributed by atoms with Gasteiger partial charge in [0.1, 0.15) is 6.61 Å².